The Labute approximate surface area is 132 Å². The first-order valence-corrected chi connectivity index (χ1v) is 8.99. The molecule has 22 heavy (non-hydrogen) atoms. The minimum Gasteiger partial charge on any atom is -0.349 e. The maximum Gasteiger partial charge on any atom is 0.279 e. The summed E-state index contributed by atoms with van der Waals surface area (Å²) in [5.74, 6) is -0.0916. The first-order chi connectivity index (χ1) is 10.4. The Morgan fingerprint density at radius 1 is 1.27 bits per heavy atom. The maximum absolute atomic E-state index is 12.3. The summed E-state index contributed by atoms with van der Waals surface area (Å²) < 4.78 is 27.7. The first kappa shape index (κ1) is 16.9. The summed E-state index contributed by atoms with van der Waals surface area (Å²) in [4.78, 5) is 12.3. The summed E-state index contributed by atoms with van der Waals surface area (Å²) in [6.07, 6.45) is 1.25. The number of nitrogens with one attached hydrogen (secondary N) is 2. The lowest BCUT2D eigenvalue weighted by molar-refractivity contribution is 0.0923. The second-order valence-corrected chi connectivity index (χ2v) is 7.22. The molecule has 0 saturated carbocycles. The minimum atomic E-state index is -3.37. The molecule has 1 aromatic carbocycles. The van der Waals surface area contributed by atoms with Crippen molar-refractivity contribution < 1.29 is 13.2 Å². The summed E-state index contributed by atoms with van der Waals surface area (Å²) in [6.45, 7) is 4.89. The van der Waals surface area contributed by atoms with Gasteiger partial charge in [-0.15, -0.1) is 0 Å². The molecule has 1 heterocycles. The molecular weight excluding hydrogens is 302 g/mol. The molecule has 0 bridgehead atoms. The van der Waals surface area contributed by atoms with Gasteiger partial charge in [0.05, 0.1) is 0 Å². The Hall–Kier alpha value is -1.44. The SMILES string of the molecule is CCNS(=O)(=O)N1CCC(NC(=O)c2ccccc2C)CC1. The molecule has 2 rings (SSSR count). The molecule has 7 heteroatoms. The summed E-state index contributed by atoms with van der Waals surface area (Å²) in [6, 6.07) is 7.46. The monoisotopic (exact) mass is 325 g/mol. The van der Waals surface area contributed by atoms with E-state index in [-0.39, 0.29) is 11.9 Å². The maximum atomic E-state index is 12.3. The number of rotatable bonds is 5. The Morgan fingerprint density at radius 3 is 2.50 bits per heavy atom. The van der Waals surface area contributed by atoms with Crippen LogP contribution in [-0.2, 0) is 10.2 Å². The van der Waals surface area contributed by atoms with Crippen LogP contribution in [0.4, 0.5) is 0 Å². The number of hydrogen-bond donors (Lipinski definition) is 2. The molecule has 1 saturated heterocycles. The van der Waals surface area contributed by atoms with Gasteiger partial charge in [-0.05, 0) is 31.4 Å². The third kappa shape index (κ3) is 4.06. The van der Waals surface area contributed by atoms with Crippen molar-refractivity contribution in [3.63, 3.8) is 0 Å². The molecule has 0 atom stereocenters. The van der Waals surface area contributed by atoms with E-state index < -0.39 is 10.2 Å². The second kappa shape index (κ2) is 7.21. The predicted octanol–water partition coefficient (Wildman–Crippen LogP) is 1.04. The molecule has 0 radical (unpaired) electrons. The van der Waals surface area contributed by atoms with Crippen LogP contribution in [0.3, 0.4) is 0 Å². The number of hydrogen-bond acceptors (Lipinski definition) is 3. The summed E-state index contributed by atoms with van der Waals surface area (Å²) in [7, 11) is -3.37. The third-order valence-electron chi connectivity index (χ3n) is 3.85. The number of nitrogens with zero attached hydrogens (tertiary/aromatic N) is 1. The molecule has 1 aromatic rings. The highest BCUT2D eigenvalue weighted by molar-refractivity contribution is 7.87. The van der Waals surface area contributed by atoms with Crippen LogP contribution in [-0.4, -0.2) is 44.3 Å². The fraction of sp³-hybridized carbons (Fsp3) is 0.533. The lowest BCUT2D eigenvalue weighted by Gasteiger charge is -2.31. The fourth-order valence-corrected chi connectivity index (χ4v) is 3.84. The number of piperidine rings is 1. The molecule has 1 aliphatic heterocycles. The van der Waals surface area contributed by atoms with E-state index in [0.29, 0.717) is 38.0 Å². The van der Waals surface area contributed by atoms with Crippen LogP contribution in [0.5, 0.6) is 0 Å². The molecule has 0 spiro atoms. The highest BCUT2D eigenvalue weighted by Crippen LogP contribution is 2.14. The Balaban J connectivity index is 1.90. The van der Waals surface area contributed by atoms with Gasteiger partial charge in [-0.1, -0.05) is 25.1 Å². The number of carbonyl (C=O) groups is 1. The van der Waals surface area contributed by atoms with Crippen molar-refractivity contribution in [2.45, 2.75) is 32.7 Å². The van der Waals surface area contributed by atoms with Crippen LogP contribution >= 0.6 is 0 Å². The molecule has 1 fully saturated rings. The van der Waals surface area contributed by atoms with E-state index in [4.69, 9.17) is 0 Å². The average molecular weight is 325 g/mol. The molecule has 1 amide bonds. The van der Waals surface area contributed by atoms with Gasteiger partial charge in [0.1, 0.15) is 0 Å². The first-order valence-electron chi connectivity index (χ1n) is 7.55. The van der Waals surface area contributed by atoms with Crippen molar-refractivity contribution >= 4 is 16.1 Å². The molecule has 6 nitrogen and oxygen atoms in total. The van der Waals surface area contributed by atoms with E-state index in [1.807, 2.05) is 25.1 Å². The third-order valence-corrected chi connectivity index (χ3v) is 5.54. The summed E-state index contributed by atoms with van der Waals surface area (Å²) in [5, 5.41) is 3.00. The van der Waals surface area contributed by atoms with Crippen LogP contribution in [0.2, 0.25) is 0 Å². The number of carbonyl (C=O) groups excluding carboxylic acids is 1. The minimum absolute atomic E-state index is 0.0141. The van der Waals surface area contributed by atoms with Gasteiger partial charge in [0.15, 0.2) is 0 Å². The van der Waals surface area contributed by atoms with Gasteiger partial charge in [0.25, 0.3) is 16.1 Å². The smallest absolute Gasteiger partial charge is 0.279 e. The zero-order chi connectivity index (χ0) is 16.2. The summed E-state index contributed by atoms with van der Waals surface area (Å²) >= 11 is 0. The van der Waals surface area contributed by atoms with Crippen molar-refractivity contribution in [3.05, 3.63) is 35.4 Å². The Bertz CT molecular complexity index is 623. The molecule has 2 N–H and O–H groups in total. The molecule has 0 aromatic heterocycles. The van der Waals surface area contributed by atoms with Gasteiger partial charge in [0, 0.05) is 31.2 Å². The number of amides is 1. The lowest BCUT2D eigenvalue weighted by Crippen LogP contribution is -2.49. The molecule has 0 unspecified atom stereocenters. The van der Waals surface area contributed by atoms with Gasteiger partial charge >= 0.3 is 0 Å². The van der Waals surface area contributed by atoms with Crippen LogP contribution in [0, 0.1) is 6.92 Å². The van der Waals surface area contributed by atoms with Crippen LogP contribution in [0.15, 0.2) is 24.3 Å². The van der Waals surface area contributed by atoms with Crippen molar-refractivity contribution in [1.82, 2.24) is 14.3 Å². The van der Waals surface area contributed by atoms with Crippen LogP contribution in [0.25, 0.3) is 0 Å². The van der Waals surface area contributed by atoms with Gasteiger partial charge in [0.2, 0.25) is 0 Å². The van der Waals surface area contributed by atoms with Crippen molar-refractivity contribution in [1.29, 1.82) is 0 Å². The van der Waals surface area contributed by atoms with Crippen molar-refractivity contribution in [2.24, 2.45) is 0 Å². The number of aryl methyl sites for hydroxylation is 1. The average Bonchev–Trinajstić information content (AvgIpc) is 2.48. The normalized spacial score (nSPS) is 17.4. The highest BCUT2D eigenvalue weighted by Gasteiger charge is 2.28. The second-order valence-electron chi connectivity index (χ2n) is 5.46. The lowest BCUT2D eigenvalue weighted by atomic mass is 10.0. The molecule has 0 aliphatic carbocycles. The van der Waals surface area contributed by atoms with Gasteiger partial charge in [-0.2, -0.15) is 12.7 Å². The topological polar surface area (TPSA) is 78.5 Å². The van der Waals surface area contributed by atoms with E-state index in [9.17, 15) is 13.2 Å². The fourth-order valence-electron chi connectivity index (χ4n) is 2.60. The Morgan fingerprint density at radius 2 is 1.91 bits per heavy atom. The van der Waals surface area contributed by atoms with E-state index in [1.165, 1.54) is 4.31 Å². The predicted molar refractivity (Wildman–Crippen MR) is 85.8 cm³/mol. The molecule has 1 aliphatic rings. The highest BCUT2D eigenvalue weighted by atomic mass is 32.2. The van der Waals surface area contributed by atoms with E-state index >= 15 is 0 Å². The summed E-state index contributed by atoms with van der Waals surface area (Å²) in [5.41, 5.74) is 1.61. The van der Waals surface area contributed by atoms with Gasteiger partial charge < -0.3 is 5.32 Å². The largest absolute Gasteiger partial charge is 0.349 e. The molecular formula is C15H23N3O3S. The van der Waals surface area contributed by atoms with Gasteiger partial charge in [-0.25, -0.2) is 4.72 Å². The molecule has 122 valence electrons. The number of benzene rings is 1. The Kier molecular flexibility index (Phi) is 5.55. The van der Waals surface area contributed by atoms with Crippen molar-refractivity contribution in [2.75, 3.05) is 19.6 Å². The zero-order valence-electron chi connectivity index (χ0n) is 13.0. The zero-order valence-corrected chi connectivity index (χ0v) is 13.8. The van der Waals surface area contributed by atoms with Gasteiger partial charge in [-0.3, -0.25) is 4.79 Å². The van der Waals surface area contributed by atoms with Crippen molar-refractivity contribution in [3.8, 4) is 0 Å². The quantitative estimate of drug-likeness (QED) is 0.849. The van der Waals surface area contributed by atoms with Crippen LogP contribution < -0.4 is 10.0 Å². The van der Waals surface area contributed by atoms with Crippen LogP contribution in [0.1, 0.15) is 35.7 Å². The van der Waals surface area contributed by atoms with E-state index in [0.717, 1.165) is 5.56 Å². The standard InChI is InChI=1S/C15H23N3O3S/c1-3-16-22(20,21)18-10-8-13(9-11-18)17-15(19)14-7-5-4-6-12(14)2/h4-7,13,16H,3,8-11H2,1-2H3,(H,17,19). The van der Waals surface area contributed by atoms with E-state index in [1.54, 1.807) is 13.0 Å². The van der Waals surface area contributed by atoms with E-state index in [2.05, 4.69) is 10.0 Å².